The standard InChI is InChI=1S/C17H20N6O3/c1-20(2)15-11-16(19-18-12-15)21-6-8-22(9-7-21)17(24)13-4-3-5-14(10-13)23(25)26/h3-5,10-12H,6-9H2,1-2H3. The Bertz CT molecular complexity index is 818. The van der Waals surface area contributed by atoms with Crippen LogP contribution in [-0.4, -0.2) is 66.2 Å². The van der Waals surface area contributed by atoms with Crippen LogP contribution in [0.3, 0.4) is 0 Å². The summed E-state index contributed by atoms with van der Waals surface area (Å²) in [6, 6.07) is 7.80. The van der Waals surface area contributed by atoms with Crippen LogP contribution in [0.1, 0.15) is 10.4 Å². The Morgan fingerprint density at radius 3 is 2.58 bits per heavy atom. The molecule has 0 unspecified atom stereocenters. The van der Waals surface area contributed by atoms with Gasteiger partial charge >= 0.3 is 0 Å². The summed E-state index contributed by atoms with van der Waals surface area (Å²) in [5, 5.41) is 19.1. The summed E-state index contributed by atoms with van der Waals surface area (Å²) in [6.45, 7) is 2.31. The SMILES string of the molecule is CN(C)c1cnnc(N2CCN(C(=O)c3cccc([N+](=O)[O-])c3)CC2)c1. The summed E-state index contributed by atoms with van der Waals surface area (Å²) in [5.74, 6) is 0.583. The van der Waals surface area contributed by atoms with Crippen molar-refractivity contribution in [2.45, 2.75) is 0 Å². The van der Waals surface area contributed by atoms with Gasteiger partial charge in [-0.1, -0.05) is 6.07 Å². The van der Waals surface area contributed by atoms with Crippen LogP contribution >= 0.6 is 0 Å². The molecule has 136 valence electrons. The average molecular weight is 356 g/mol. The van der Waals surface area contributed by atoms with Crippen molar-refractivity contribution in [1.82, 2.24) is 15.1 Å². The third-order valence-corrected chi connectivity index (χ3v) is 4.34. The summed E-state index contributed by atoms with van der Waals surface area (Å²) < 4.78 is 0. The predicted octanol–water partition coefficient (Wildman–Crippen LogP) is 1.41. The van der Waals surface area contributed by atoms with Crippen molar-refractivity contribution in [3.8, 4) is 0 Å². The van der Waals surface area contributed by atoms with E-state index >= 15 is 0 Å². The van der Waals surface area contributed by atoms with Crippen LogP contribution in [0.5, 0.6) is 0 Å². The lowest BCUT2D eigenvalue weighted by molar-refractivity contribution is -0.384. The van der Waals surface area contributed by atoms with Crippen LogP contribution in [0.4, 0.5) is 17.2 Å². The summed E-state index contributed by atoms with van der Waals surface area (Å²) in [6.07, 6.45) is 1.70. The quantitative estimate of drug-likeness (QED) is 0.604. The molecule has 0 spiro atoms. The van der Waals surface area contributed by atoms with Gasteiger partial charge in [0, 0.05) is 64.0 Å². The highest BCUT2D eigenvalue weighted by Crippen LogP contribution is 2.20. The molecule has 26 heavy (non-hydrogen) atoms. The Labute approximate surface area is 151 Å². The fraction of sp³-hybridized carbons (Fsp3) is 0.353. The number of aromatic nitrogens is 2. The second kappa shape index (κ2) is 7.34. The molecule has 1 aliphatic heterocycles. The lowest BCUT2D eigenvalue weighted by atomic mass is 10.1. The van der Waals surface area contributed by atoms with Crippen LogP contribution in [0.2, 0.25) is 0 Å². The molecule has 1 amide bonds. The number of nitro groups is 1. The molecule has 1 aromatic heterocycles. The van der Waals surface area contributed by atoms with E-state index in [1.54, 1.807) is 17.2 Å². The number of hydrogen-bond acceptors (Lipinski definition) is 7. The Kier molecular flexibility index (Phi) is 4.97. The van der Waals surface area contributed by atoms with Crippen LogP contribution in [-0.2, 0) is 0 Å². The Balaban J connectivity index is 1.67. The number of hydrogen-bond donors (Lipinski definition) is 0. The lowest BCUT2D eigenvalue weighted by Crippen LogP contribution is -2.49. The van der Waals surface area contributed by atoms with E-state index in [0.717, 1.165) is 11.5 Å². The number of carbonyl (C=O) groups excluding carboxylic acids is 1. The number of rotatable bonds is 4. The van der Waals surface area contributed by atoms with Crippen molar-refractivity contribution in [3.05, 3.63) is 52.2 Å². The number of nitrogens with zero attached hydrogens (tertiary/aromatic N) is 6. The molecular formula is C17H20N6O3. The van der Waals surface area contributed by atoms with Gasteiger partial charge in [-0.05, 0) is 6.07 Å². The van der Waals surface area contributed by atoms with Gasteiger partial charge in [-0.25, -0.2) is 0 Å². The number of nitro benzene ring substituents is 1. The molecule has 0 N–H and O–H groups in total. The van der Waals surface area contributed by atoms with E-state index in [9.17, 15) is 14.9 Å². The maximum absolute atomic E-state index is 12.6. The second-order valence-electron chi connectivity index (χ2n) is 6.25. The summed E-state index contributed by atoms with van der Waals surface area (Å²) in [5.41, 5.74) is 1.22. The van der Waals surface area contributed by atoms with Gasteiger partial charge in [0.05, 0.1) is 16.8 Å². The fourth-order valence-electron chi connectivity index (χ4n) is 2.82. The van der Waals surface area contributed by atoms with Gasteiger partial charge in [0.25, 0.3) is 11.6 Å². The molecule has 0 aliphatic carbocycles. The van der Waals surface area contributed by atoms with E-state index in [1.165, 1.54) is 18.2 Å². The molecular weight excluding hydrogens is 336 g/mol. The maximum atomic E-state index is 12.6. The van der Waals surface area contributed by atoms with Gasteiger partial charge in [-0.15, -0.1) is 5.10 Å². The zero-order valence-electron chi connectivity index (χ0n) is 14.7. The van der Waals surface area contributed by atoms with Crippen LogP contribution in [0.25, 0.3) is 0 Å². The van der Waals surface area contributed by atoms with Crippen LogP contribution in [0.15, 0.2) is 36.5 Å². The molecule has 2 heterocycles. The third kappa shape index (κ3) is 3.71. The monoisotopic (exact) mass is 356 g/mol. The van der Waals surface area contributed by atoms with Crippen molar-refractivity contribution in [3.63, 3.8) is 0 Å². The van der Waals surface area contributed by atoms with Gasteiger partial charge in [-0.3, -0.25) is 14.9 Å². The summed E-state index contributed by atoms with van der Waals surface area (Å²) in [7, 11) is 3.88. The highest BCUT2D eigenvalue weighted by Gasteiger charge is 2.24. The van der Waals surface area contributed by atoms with Crippen molar-refractivity contribution in [2.75, 3.05) is 50.1 Å². The smallest absolute Gasteiger partial charge is 0.270 e. The molecule has 9 nitrogen and oxygen atoms in total. The largest absolute Gasteiger partial charge is 0.376 e. The van der Waals surface area contributed by atoms with E-state index in [2.05, 4.69) is 15.1 Å². The first-order chi connectivity index (χ1) is 12.5. The molecule has 0 bridgehead atoms. The molecule has 9 heteroatoms. The Morgan fingerprint density at radius 1 is 1.19 bits per heavy atom. The van der Waals surface area contributed by atoms with Crippen molar-refractivity contribution < 1.29 is 9.72 Å². The zero-order valence-corrected chi connectivity index (χ0v) is 14.7. The minimum absolute atomic E-state index is 0.0785. The molecule has 1 fully saturated rings. The lowest BCUT2D eigenvalue weighted by Gasteiger charge is -2.35. The summed E-state index contributed by atoms with van der Waals surface area (Å²) in [4.78, 5) is 28.7. The van der Waals surface area contributed by atoms with Gasteiger partial charge in [0.2, 0.25) is 0 Å². The molecule has 3 rings (SSSR count). The first-order valence-corrected chi connectivity index (χ1v) is 8.24. The minimum atomic E-state index is -0.495. The number of benzene rings is 1. The summed E-state index contributed by atoms with van der Waals surface area (Å²) >= 11 is 0. The van der Waals surface area contributed by atoms with Gasteiger partial charge < -0.3 is 14.7 Å². The third-order valence-electron chi connectivity index (χ3n) is 4.34. The second-order valence-corrected chi connectivity index (χ2v) is 6.25. The Hall–Kier alpha value is -3.23. The fourth-order valence-corrected chi connectivity index (χ4v) is 2.82. The van der Waals surface area contributed by atoms with E-state index in [1.807, 2.05) is 25.1 Å². The van der Waals surface area contributed by atoms with E-state index in [-0.39, 0.29) is 11.6 Å². The average Bonchev–Trinajstić information content (AvgIpc) is 2.67. The van der Waals surface area contributed by atoms with Gasteiger partial charge in [0.15, 0.2) is 5.82 Å². The molecule has 1 aliphatic rings. The Morgan fingerprint density at radius 2 is 1.92 bits per heavy atom. The first kappa shape index (κ1) is 17.6. The maximum Gasteiger partial charge on any atom is 0.270 e. The van der Waals surface area contributed by atoms with E-state index in [0.29, 0.717) is 31.7 Å². The normalized spacial score (nSPS) is 14.2. The number of amides is 1. The van der Waals surface area contributed by atoms with Crippen molar-refractivity contribution in [1.29, 1.82) is 0 Å². The number of anilines is 2. The number of non-ortho nitro benzene ring substituents is 1. The van der Waals surface area contributed by atoms with E-state index in [4.69, 9.17) is 0 Å². The molecule has 2 aromatic rings. The molecule has 1 aromatic carbocycles. The van der Waals surface area contributed by atoms with E-state index < -0.39 is 4.92 Å². The topological polar surface area (TPSA) is 95.7 Å². The van der Waals surface area contributed by atoms with Gasteiger partial charge in [0.1, 0.15) is 0 Å². The number of piperazine rings is 1. The first-order valence-electron chi connectivity index (χ1n) is 8.24. The van der Waals surface area contributed by atoms with Gasteiger partial charge in [-0.2, -0.15) is 5.10 Å². The zero-order chi connectivity index (χ0) is 18.7. The van der Waals surface area contributed by atoms with Crippen molar-refractivity contribution >= 4 is 23.1 Å². The molecule has 0 atom stereocenters. The van der Waals surface area contributed by atoms with Crippen LogP contribution < -0.4 is 9.80 Å². The minimum Gasteiger partial charge on any atom is -0.376 e. The highest BCUT2D eigenvalue weighted by molar-refractivity contribution is 5.95. The van der Waals surface area contributed by atoms with Crippen LogP contribution in [0, 0.1) is 10.1 Å². The van der Waals surface area contributed by atoms with Crippen molar-refractivity contribution in [2.24, 2.45) is 0 Å². The molecule has 0 saturated carbocycles. The highest BCUT2D eigenvalue weighted by atomic mass is 16.6. The number of carbonyl (C=O) groups is 1. The molecule has 1 saturated heterocycles. The predicted molar refractivity (Wildman–Crippen MR) is 97.6 cm³/mol. The molecule has 0 radical (unpaired) electrons.